The van der Waals surface area contributed by atoms with Crippen LogP contribution in [0.1, 0.15) is 27.3 Å². The van der Waals surface area contributed by atoms with E-state index >= 15 is 0 Å². The molecule has 28 heavy (non-hydrogen) atoms. The quantitative estimate of drug-likeness (QED) is 0.413. The molecule has 0 spiro atoms. The molecule has 3 rings (SSSR count). The molecule has 0 bridgehead atoms. The van der Waals surface area contributed by atoms with Crippen LogP contribution in [-0.2, 0) is 0 Å². The molecule has 0 fully saturated rings. The number of carbonyl (C=O) groups excluding carboxylic acids is 1. The van der Waals surface area contributed by atoms with Crippen molar-refractivity contribution in [1.82, 2.24) is 9.99 Å². The Morgan fingerprint density at radius 1 is 1.18 bits per heavy atom. The second kappa shape index (κ2) is 7.83. The molecular formula is C20H17FN4O3. The summed E-state index contributed by atoms with van der Waals surface area (Å²) >= 11 is 0. The smallest absolute Gasteiger partial charge is 0.271 e. The zero-order chi connectivity index (χ0) is 20.3. The van der Waals surface area contributed by atoms with Crippen molar-refractivity contribution in [3.05, 3.63) is 93.0 Å². The van der Waals surface area contributed by atoms with E-state index in [4.69, 9.17) is 0 Å². The number of nitro groups is 1. The zero-order valence-electron chi connectivity index (χ0n) is 15.2. The first-order valence-electron chi connectivity index (χ1n) is 8.39. The summed E-state index contributed by atoms with van der Waals surface area (Å²) in [6, 6.07) is 13.5. The minimum absolute atomic E-state index is 0.00238. The van der Waals surface area contributed by atoms with Crippen molar-refractivity contribution in [3.63, 3.8) is 0 Å². The first-order valence-corrected chi connectivity index (χ1v) is 8.39. The van der Waals surface area contributed by atoms with Crippen LogP contribution >= 0.6 is 0 Å². The molecule has 1 amide bonds. The van der Waals surface area contributed by atoms with Gasteiger partial charge in [0.1, 0.15) is 5.82 Å². The highest BCUT2D eigenvalue weighted by Crippen LogP contribution is 2.23. The highest BCUT2D eigenvalue weighted by atomic mass is 19.1. The van der Waals surface area contributed by atoms with E-state index in [0.717, 1.165) is 23.0 Å². The second-order valence-electron chi connectivity index (χ2n) is 6.15. The van der Waals surface area contributed by atoms with Gasteiger partial charge in [-0.25, -0.2) is 9.82 Å². The van der Waals surface area contributed by atoms with Crippen LogP contribution in [0.15, 0.2) is 59.7 Å². The summed E-state index contributed by atoms with van der Waals surface area (Å²) in [7, 11) is 0. The molecule has 0 saturated heterocycles. The number of carbonyl (C=O) groups is 1. The lowest BCUT2D eigenvalue weighted by molar-refractivity contribution is -0.384. The Morgan fingerprint density at radius 3 is 2.64 bits per heavy atom. The molecule has 1 heterocycles. The molecule has 0 atom stereocenters. The first kappa shape index (κ1) is 19.0. The first-order chi connectivity index (χ1) is 13.4. The molecule has 0 saturated carbocycles. The molecule has 7 nitrogen and oxygen atoms in total. The molecule has 2 aromatic carbocycles. The van der Waals surface area contributed by atoms with E-state index in [1.54, 1.807) is 12.1 Å². The van der Waals surface area contributed by atoms with Gasteiger partial charge >= 0.3 is 0 Å². The van der Waals surface area contributed by atoms with Crippen molar-refractivity contribution in [2.75, 3.05) is 0 Å². The minimum atomic E-state index is -0.525. The number of benzene rings is 2. The van der Waals surface area contributed by atoms with Crippen LogP contribution in [0.3, 0.4) is 0 Å². The van der Waals surface area contributed by atoms with Gasteiger partial charge in [-0.3, -0.25) is 14.9 Å². The van der Waals surface area contributed by atoms with Crippen LogP contribution in [0.2, 0.25) is 0 Å². The molecule has 8 heteroatoms. The number of halogens is 1. The van der Waals surface area contributed by atoms with E-state index in [1.165, 1.54) is 36.5 Å². The van der Waals surface area contributed by atoms with Crippen LogP contribution in [0.4, 0.5) is 10.1 Å². The summed E-state index contributed by atoms with van der Waals surface area (Å²) in [5, 5.41) is 14.9. The van der Waals surface area contributed by atoms with Gasteiger partial charge in [-0.1, -0.05) is 12.1 Å². The second-order valence-corrected chi connectivity index (χ2v) is 6.15. The molecule has 0 radical (unpaired) electrons. The molecule has 3 aromatic rings. The maximum Gasteiger partial charge on any atom is 0.271 e. The molecule has 1 N–H and O–H groups in total. The summed E-state index contributed by atoms with van der Waals surface area (Å²) in [6.45, 7) is 3.72. The number of nitrogens with one attached hydrogen (secondary N) is 1. The Bertz CT molecular complexity index is 1090. The molecule has 0 unspecified atom stereocenters. The fraction of sp³-hybridized carbons (Fsp3) is 0.100. The summed E-state index contributed by atoms with van der Waals surface area (Å²) in [5.41, 5.74) is 5.59. The molecule has 0 aliphatic rings. The number of hydrogen-bond acceptors (Lipinski definition) is 4. The van der Waals surface area contributed by atoms with Crippen LogP contribution in [0, 0.1) is 29.8 Å². The number of aryl methyl sites for hydroxylation is 1. The van der Waals surface area contributed by atoms with Gasteiger partial charge in [0.15, 0.2) is 0 Å². The average molecular weight is 380 g/mol. The summed E-state index contributed by atoms with van der Waals surface area (Å²) < 4.78 is 15.1. The lowest BCUT2D eigenvalue weighted by atomic mass is 10.2. The van der Waals surface area contributed by atoms with E-state index in [-0.39, 0.29) is 11.3 Å². The third-order valence-electron chi connectivity index (χ3n) is 4.23. The van der Waals surface area contributed by atoms with E-state index < -0.39 is 16.6 Å². The Kier molecular flexibility index (Phi) is 5.30. The summed E-state index contributed by atoms with van der Waals surface area (Å²) in [6.07, 6.45) is 1.48. The third-order valence-corrected chi connectivity index (χ3v) is 4.23. The zero-order valence-corrected chi connectivity index (χ0v) is 15.2. The van der Waals surface area contributed by atoms with Gasteiger partial charge in [-0.05, 0) is 44.2 Å². The number of rotatable bonds is 5. The fourth-order valence-electron chi connectivity index (χ4n) is 2.92. The van der Waals surface area contributed by atoms with Crippen molar-refractivity contribution >= 4 is 17.8 Å². The standard InChI is InChI=1S/C20H17FN4O3/c1-13-9-16(12-22-23-20(26)15-5-3-6-17(21)10-15)14(2)24(13)18-7-4-8-19(11-18)25(27)28/h3-12H,1-2H3,(H,23,26). The van der Waals surface area contributed by atoms with Gasteiger partial charge in [0.25, 0.3) is 11.6 Å². The van der Waals surface area contributed by atoms with Crippen molar-refractivity contribution in [2.45, 2.75) is 13.8 Å². The Balaban J connectivity index is 1.82. The number of aromatic nitrogens is 1. The number of nitrogens with zero attached hydrogens (tertiary/aromatic N) is 3. The van der Waals surface area contributed by atoms with Crippen molar-refractivity contribution < 1.29 is 14.1 Å². The van der Waals surface area contributed by atoms with Crippen molar-refractivity contribution in [1.29, 1.82) is 0 Å². The molecule has 1 aromatic heterocycles. The maximum absolute atomic E-state index is 13.2. The number of amides is 1. The van der Waals surface area contributed by atoms with E-state index in [2.05, 4.69) is 10.5 Å². The largest absolute Gasteiger partial charge is 0.318 e. The fourth-order valence-corrected chi connectivity index (χ4v) is 2.92. The lowest BCUT2D eigenvalue weighted by Gasteiger charge is -2.09. The predicted molar refractivity (Wildman–Crippen MR) is 103 cm³/mol. The predicted octanol–water partition coefficient (Wildman–Crippen LogP) is 3.91. The molecule has 0 aliphatic carbocycles. The number of non-ortho nitro benzene ring substituents is 1. The van der Waals surface area contributed by atoms with Gasteiger partial charge in [0.2, 0.25) is 0 Å². The molecule has 142 valence electrons. The van der Waals surface area contributed by atoms with Crippen LogP contribution in [0.5, 0.6) is 0 Å². The number of hydrazone groups is 1. The maximum atomic E-state index is 13.2. The third kappa shape index (κ3) is 3.96. The van der Waals surface area contributed by atoms with E-state index in [1.807, 2.05) is 24.5 Å². The van der Waals surface area contributed by atoms with Gasteiger partial charge in [0.05, 0.1) is 16.8 Å². The van der Waals surface area contributed by atoms with Crippen molar-refractivity contribution in [3.8, 4) is 5.69 Å². The SMILES string of the molecule is Cc1cc(C=NNC(=O)c2cccc(F)c2)c(C)n1-c1cccc([N+](=O)[O-])c1. The van der Waals surface area contributed by atoms with Gasteiger partial charge in [-0.15, -0.1) is 0 Å². The normalized spacial score (nSPS) is 11.0. The van der Waals surface area contributed by atoms with Crippen LogP contribution in [-0.4, -0.2) is 21.6 Å². The van der Waals surface area contributed by atoms with Gasteiger partial charge < -0.3 is 4.57 Å². The average Bonchev–Trinajstić information content (AvgIpc) is 2.95. The minimum Gasteiger partial charge on any atom is -0.318 e. The van der Waals surface area contributed by atoms with E-state index in [9.17, 15) is 19.3 Å². The Morgan fingerprint density at radius 2 is 1.93 bits per heavy atom. The highest BCUT2D eigenvalue weighted by Gasteiger charge is 2.13. The van der Waals surface area contributed by atoms with Crippen molar-refractivity contribution in [2.24, 2.45) is 5.10 Å². The Labute approximate surface area is 160 Å². The number of nitro benzene ring substituents is 1. The topological polar surface area (TPSA) is 89.5 Å². The van der Waals surface area contributed by atoms with Crippen LogP contribution in [0.25, 0.3) is 5.69 Å². The Hall–Kier alpha value is -3.81. The van der Waals surface area contributed by atoms with E-state index in [0.29, 0.717) is 5.69 Å². The molecule has 0 aliphatic heterocycles. The van der Waals surface area contributed by atoms with Gasteiger partial charge in [-0.2, -0.15) is 5.10 Å². The lowest BCUT2D eigenvalue weighted by Crippen LogP contribution is -2.17. The highest BCUT2D eigenvalue weighted by molar-refractivity contribution is 5.95. The molecular weight excluding hydrogens is 363 g/mol. The van der Waals surface area contributed by atoms with Gasteiger partial charge in [0, 0.05) is 34.6 Å². The summed E-state index contributed by atoms with van der Waals surface area (Å²) in [5.74, 6) is -1.03. The van der Waals surface area contributed by atoms with Crippen LogP contribution < -0.4 is 5.43 Å². The monoisotopic (exact) mass is 380 g/mol. The summed E-state index contributed by atoms with van der Waals surface area (Å²) in [4.78, 5) is 22.6. The number of hydrogen-bond donors (Lipinski definition) is 1.